The fourth-order valence-corrected chi connectivity index (χ4v) is 2.48. The normalized spacial score (nSPS) is 23.0. The van der Waals surface area contributed by atoms with Crippen molar-refractivity contribution in [3.05, 3.63) is 60.2 Å². The number of alkyl halides is 3. The monoisotopic (exact) mass is 370 g/mol. The van der Waals surface area contributed by atoms with E-state index in [2.05, 4.69) is 4.74 Å². The van der Waals surface area contributed by atoms with Gasteiger partial charge >= 0.3 is 12.1 Å². The third-order valence-corrected chi connectivity index (χ3v) is 3.74. The van der Waals surface area contributed by atoms with Crippen LogP contribution in [0.2, 0.25) is 0 Å². The van der Waals surface area contributed by atoms with Crippen LogP contribution < -0.4 is 0 Å². The van der Waals surface area contributed by atoms with Crippen LogP contribution in [0, 0.1) is 0 Å². The van der Waals surface area contributed by atoms with Crippen molar-refractivity contribution in [1.82, 2.24) is 0 Å². The molecule has 8 heteroatoms. The summed E-state index contributed by atoms with van der Waals surface area (Å²) in [6.45, 7) is 1.64. The highest BCUT2D eigenvalue weighted by Gasteiger charge is 2.64. The van der Waals surface area contributed by atoms with Crippen LogP contribution in [-0.4, -0.2) is 37.4 Å². The average Bonchev–Trinajstić information content (AvgIpc) is 2.59. The molecule has 1 aliphatic rings. The van der Waals surface area contributed by atoms with Gasteiger partial charge in [-0.25, -0.2) is 4.79 Å². The lowest BCUT2D eigenvalue weighted by Gasteiger charge is -2.34. The summed E-state index contributed by atoms with van der Waals surface area (Å²) in [6, 6.07) is 6.43. The molecule has 0 spiro atoms. The summed E-state index contributed by atoms with van der Waals surface area (Å²) in [5, 5.41) is 0. The maximum absolute atomic E-state index is 13.8. The minimum absolute atomic E-state index is 0.410. The van der Waals surface area contributed by atoms with Gasteiger partial charge in [-0.05, 0) is 19.1 Å². The molecule has 1 aromatic rings. The first-order chi connectivity index (χ1) is 12.3. The fourth-order valence-electron chi connectivity index (χ4n) is 2.48. The van der Waals surface area contributed by atoms with E-state index >= 15 is 0 Å². The van der Waals surface area contributed by atoms with Gasteiger partial charge in [-0.15, -0.1) is 0 Å². The smallest absolute Gasteiger partial charge is 0.429 e. The summed E-state index contributed by atoms with van der Waals surface area (Å²) in [5.74, 6) is -2.10. The zero-order valence-corrected chi connectivity index (χ0v) is 14.0. The number of hydrogen-bond donors (Lipinski definition) is 0. The molecule has 0 saturated heterocycles. The Labute approximate surface area is 148 Å². The molecule has 0 fully saturated rings. The topological polar surface area (TPSA) is 61.8 Å². The molecule has 0 radical (unpaired) electrons. The number of ketones is 1. The van der Waals surface area contributed by atoms with E-state index in [0.29, 0.717) is 0 Å². The fraction of sp³-hybridized carbons (Fsp3) is 0.333. The number of benzene rings is 1. The Morgan fingerprint density at radius 2 is 1.88 bits per heavy atom. The molecule has 1 aliphatic heterocycles. The van der Waals surface area contributed by atoms with Crippen molar-refractivity contribution in [2.75, 3.05) is 7.11 Å². The molecule has 0 aliphatic carbocycles. The SMILES string of the molecule is C/C=C/[C@@H]1OC(OC(=O)[C@](OC)(c2ccccc2)C(F)(F)F)C=CC1=O. The van der Waals surface area contributed by atoms with Crippen LogP contribution in [0.4, 0.5) is 13.2 Å². The van der Waals surface area contributed by atoms with E-state index in [1.54, 1.807) is 13.0 Å². The number of hydrogen-bond acceptors (Lipinski definition) is 5. The summed E-state index contributed by atoms with van der Waals surface area (Å²) in [4.78, 5) is 24.1. The van der Waals surface area contributed by atoms with Crippen molar-refractivity contribution in [3.8, 4) is 0 Å². The van der Waals surface area contributed by atoms with Crippen molar-refractivity contribution in [2.45, 2.75) is 31.1 Å². The first-order valence-corrected chi connectivity index (χ1v) is 7.65. The van der Waals surface area contributed by atoms with Gasteiger partial charge in [-0.1, -0.05) is 42.5 Å². The van der Waals surface area contributed by atoms with Crippen LogP contribution in [0.5, 0.6) is 0 Å². The van der Waals surface area contributed by atoms with Gasteiger partial charge in [-0.3, -0.25) is 4.79 Å². The van der Waals surface area contributed by atoms with E-state index in [1.807, 2.05) is 0 Å². The van der Waals surface area contributed by atoms with Crippen molar-refractivity contribution < 1.29 is 37.0 Å². The van der Waals surface area contributed by atoms with Crippen molar-refractivity contribution in [2.24, 2.45) is 0 Å². The zero-order chi connectivity index (χ0) is 19.4. The van der Waals surface area contributed by atoms with Gasteiger partial charge in [0, 0.05) is 12.7 Å². The number of rotatable bonds is 5. The molecule has 1 heterocycles. The minimum Gasteiger partial charge on any atom is -0.429 e. The third-order valence-electron chi connectivity index (χ3n) is 3.74. The molecule has 140 valence electrons. The van der Waals surface area contributed by atoms with Crippen LogP contribution in [-0.2, 0) is 29.4 Å². The molecule has 26 heavy (non-hydrogen) atoms. The first kappa shape index (κ1) is 19.9. The van der Waals surface area contributed by atoms with Crippen LogP contribution in [0.25, 0.3) is 0 Å². The number of allylic oxidation sites excluding steroid dienone is 1. The largest absolute Gasteiger partial charge is 0.432 e. The molecular formula is C18H17F3O5. The highest BCUT2D eigenvalue weighted by Crippen LogP contribution is 2.43. The van der Waals surface area contributed by atoms with Gasteiger partial charge in [0.25, 0.3) is 5.60 Å². The Hall–Kier alpha value is -2.45. The van der Waals surface area contributed by atoms with Gasteiger partial charge in [0.1, 0.15) is 6.10 Å². The molecule has 0 bridgehead atoms. The molecule has 2 rings (SSSR count). The molecule has 0 aromatic heterocycles. The summed E-state index contributed by atoms with van der Waals surface area (Å²) >= 11 is 0. The van der Waals surface area contributed by atoms with Crippen LogP contribution >= 0.6 is 0 Å². The van der Waals surface area contributed by atoms with E-state index in [-0.39, 0.29) is 0 Å². The zero-order valence-electron chi connectivity index (χ0n) is 14.0. The van der Waals surface area contributed by atoms with Crippen molar-refractivity contribution in [1.29, 1.82) is 0 Å². The summed E-state index contributed by atoms with van der Waals surface area (Å²) in [7, 11) is 0.769. The molecule has 0 saturated carbocycles. The summed E-state index contributed by atoms with van der Waals surface area (Å²) in [5.41, 5.74) is -3.75. The highest BCUT2D eigenvalue weighted by atomic mass is 19.4. The number of esters is 1. The molecule has 1 unspecified atom stereocenters. The predicted molar refractivity (Wildman–Crippen MR) is 84.9 cm³/mol. The van der Waals surface area contributed by atoms with Crippen molar-refractivity contribution in [3.63, 3.8) is 0 Å². The molecule has 1 aromatic carbocycles. The van der Waals surface area contributed by atoms with Gasteiger partial charge in [0.05, 0.1) is 0 Å². The maximum atomic E-state index is 13.8. The standard InChI is InChI=1S/C18H17F3O5/c1-3-7-14-13(22)10-11-15(25-14)26-16(23)17(24-2,18(19,20)21)12-8-5-4-6-9-12/h3-11,14-15H,1-2H3/b7-3+/t14-,15?,17+/m0/s1. The average molecular weight is 370 g/mol. The van der Waals surface area contributed by atoms with Crippen LogP contribution in [0.15, 0.2) is 54.6 Å². The van der Waals surface area contributed by atoms with Gasteiger partial charge in [0.15, 0.2) is 5.78 Å². The van der Waals surface area contributed by atoms with E-state index in [1.165, 1.54) is 24.3 Å². The summed E-state index contributed by atoms with van der Waals surface area (Å²) < 4.78 is 56.0. The molecule has 0 amide bonds. The Balaban J connectivity index is 2.34. The lowest BCUT2D eigenvalue weighted by atomic mass is 9.92. The Morgan fingerprint density at radius 1 is 1.23 bits per heavy atom. The van der Waals surface area contributed by atoms with E-state index in [9.17, 15) is 22.8 Å². The lowest BCUT2D eigenvalue weighted by molar-refractivity contribution is -0.283. The van der Waals surface area contributed by atoms with E-state index < -0.39 is 41.5 Å². The Kier molecular flexibility index (Phi) is 5.99. The third kappa shape index (κ3) is 3.71. The first-order valence-electron chi connectivity index (χ1n) is 7.65. The molecule has 5 nitrogen and oxygen atoms in total. The lowest BCUT2D eigenvalue weighted by Crippen LogP contribution is -2.53. The minimum atomic E-state index is -5.09. The van der Waals surface area contributed by atoms with Gasteiger partial charge < -0.3 is 14.2 Å². The van der Waals surface area contributed by atoms with Gasteiger partial charge in [0.2, 0.25) is 6.29 Å². The van der Waals surface area contributed by atoms with E-state index in [0.717, 1.165) is 31.4 Å². The Bertz CT molecular complexity index is 711. The second kappa shape index (κ2) is 7.84. The van der Waals surface area contributed by atoms with Gasteiger partial charge in [-0.2, -0.15) is 13.2 Å². The second-order valence-electron chi connectivity index (χ2n) is 5.37. The van der Waals surface area contributed by atoms with Crippen molar-refractivity contribution >= 4 is 11.8 Å². The molecule has 3 atom stereocenters. The quantitative estimate of drug-likeness (QED) is 0.589. The van der Waals surface area contributed by atoms with Crippen LogP contribution in [0.1, 0.15) is 12.5 Å². The number of methoxy groups -OCH3 is 1. The maximum Gasteiger partial charge on any atom is 0.432 e. The second-order valence-corrected chi connectivity index (χ2v) is 5.37. The highest BCUT2D eigenvalue weighted by molar-refractivity contribution is 5.95. The molecular weight excluding hydrogens is 353 g/mol. The molecule has 0 N–H and O–H groups in total. The van der Waals surface area contributed by atoms with E-state index in [4.69, 9.17) is 9.47 Å². The number of carbonyl (C=O) groups is 2. The Morgan fingerprint density at radius 3 is 2.42 bits per heavy atom. The number of carbonyl (C=O) groups excluding carboxylic acids is 2. The predicted octanol–water partition coefficient (Wildman–Crippen LogP) is 3.06. The van der Waals surface area contributed by atoms with Crippen LogP contribution in [0.3, 0.4) is 0 Å². The summed E-state index contributed by atoms with van der Waals surface area (Å²) in [6.07, 6.45) is -2.48. The number of ether oxygens (including phenoxy) is 3. The number of halogens is 3.